The van der Waals surface area contributed by atoms with Gasteiger partial charge >= 0.3 is 0 Å². The van der Waals surface area contributed by atoms with Crippen molar-refractivity contribution in [2.45, 2.75) is 27.7 Å². The maximum absolute atomic E-state index is 12.3. The third-order valence-corrected chi connectivity index (χ3v) is 3.22. The number of nitrogens with zero attached hydrogens (tertiary/aromatic N) is 2. The van der Waals surface area contributed by atoms with Crippen molar-refractivity contribution < 1.29 is 14.1 Å². The van der Waals surface area contributed by atoms with Crippen LogP contribution in [0, 0.1) is 19.8 Å². The van der Waals surface area contributed by atoms with Crippen LogP contribution in [0.5, 0.6) is 0 Å². The third kappa shape index (κ3) is 3.41. The Hall–Kier alpha value is -2.44. The summed E-state index contributed by atoms with van der Waals surface area (Å²) in [5.41, 5.74) is 2.15. The highest BCUT2D eigenvalue weighted by Crippen LogP contribution is 2.21. The van der Waals surface area contributed by atoms with Gasteiger partial charge in [-0.2, -0.15) is 0 Å². The van der Waals surface area contributed by atoms with Crippen LogP contribution in [0.3, 0.4) is 0 Å². The summed E-state index contributed by atoms with van der Waals surface area (Å²) in [5, 5.41) is 9.99. The lowest BCUT2D eigenvalue weighted by Crippen LogP contribution is -2.36. The molecule has 2 aromatic rings. The van der Waals surface area contributed by atoms with E-state index in [1.54, 1.807) is 19.9 Å². The maximum Gasteiger partial charge on any atom is 0.258 e. The van der Waals surface area contributed by atoms with Gasteiger partial charge in [0.25, 0.3) is 11.6 Å². The van der Waals surface area contributed by atoms with E-state index in [-0.39, 0.29) is 17.7 Å². The molecule has 0 saturated carbocycles. The highest BCUT2D eigenvalue weighted by Gasteiger charge is 2.17. The largest absolute Gasteiger partial charge is 0.354 e. The minimum atomic E-state index is -0.236. The fourth-order valence-electron chi connectivity index (χ4n) is 2.06. The van der Waals surface area contributed by atoms with E-state index in [0.717, 1.165) is 0 Å². The van der Waals surface area contributed by atoms with Crippen LogP contribution in [0.15, 0.2) is 10.6 Å². The quantitative estimate of drug-likeness (QED) is 0.812. The van der Waals surface area contributed by atoms with Crippen LogP contribution < -0.4 is 10.6 Å². The minimum absolute atomic E-state index is 0.0359. The predicted molar refractivity (Wildman–Crippen MR) is 81.5 cm³/mol. The summed E-state index contributed by atoms with van der Waals surface area (Å²) in [6.45, 7) is 7.93. The van der Waals surface area contributed by atoms with E-state index in [1.807, 2.05) is 13.8 Å². The van der Waals surface area contributed by atoms with Crippen molar-refractivity contribution in [3.05, 3.63) is 23.0 Å². The zero-order valence-electron chi connectivity index (χ0n) is 13.2. The Labute approximate surface area is 128 Å². The summed E-state index contributed by atoms with van der Waals surface area (Å²) in [7, 11) is 0. The number of rotatable bonds is 5. The lowest BCUT2D eigenvalue weighted by atomic mass is 10.1. The Morgan fingerprint density at radius 1 is 1.23 bits per heavy atom. The molecule has 22 heavy (non-hydrogen) atoms. The van der Waals surface area contributed by atoms with Crippen molar-refractivity contribution in [2.24, 2.45) is 5.92 Å². The van der Waals surface area contributed by atoms with E-state index in [4.69, 9.17) is 4.52 Å². The Kier molecular flexibility index (Phi) is 4.75. The molecule has 0 spiro atoms. The van der Waals surface area contributed by atoms with Crippen LogP contribution in [0.2, 0.25) is 0 Å². The van der Waals surface area contributed by atoms with Crippen molar-refractivity contribution in [3.8, 4) is 0 Å². The van der Waals surface area contributed by atoms with Crippen LogP contribution in [0.25, 0.3) is 11.1 Å². The summed E-state index contributed by atoms with van der Waals surface area (Å²) in [6, 6.07) is 1.70. The summed E-state index contributed by atoms with van der Waals surface area (Å²) in [5.74, 6) is -0.343. The first kappa shape index (κ1) is 15.9. The number of nitrogens with one attached hydrogen (secondary N) is 2. The maximum atomic E-state index is 12.3. The fraction of sp³-hybridized carbons (Fsp3) is 0.467. The lowest BCUT2D eigenvalue weighted by molar-refractivity contribution is -0.123. The number of carbonyl (C=O) groups is 2. The Morgan fingerprint density at radius 2 is 1.91 bits per heavy atom. The first-order chi connectivity index (χ1) is 10.4. The average molecular weight is 304 g/mol. The summed E-state index contributed by atoms with van der Waals surface area (Å²) in [4.78, 5) is 28.0. The third-order valence-electron chi connectivity index (χ3n) is 3.22. The second-order valence-electron chi connectivity index (χ2n) is 5.46. The number of amides is 2. The standard InChI is InChI=1S/C15H20N4O3/c1-8(2)13(20)16-5-6-17-14(21)11-7-9(3)18-15-12(11)10(4)19-22-15/h7-8H,5-6H2,1-4H3,(H,16,20)(H,17,21). The molecule has 118 valence electrons. The summed E-state index contributed by atoms with van der Waals surface area (Å²) < 4.78 is 5.11. The van der Waals surface area contributed by atoms with Gasteiger partial charge in [-0.1, -0.05) is 19.0 Å². The second-order valence-corrected chi connectivity index (χ2v) is 5.46. The first-order valence-corrected chi connectivity index (χ1v) is 7.19. The highest BCUT2D eigenvalue weighted by molar-refractivity contribution is 6.06. The van der Waals surface area contributed by atoms with Crippen molar-refractivity contribution in [2.75, 3.05) is 13.1 Å². The van der Waals surface area contributed by atoms with Gasteiger partial charge in [-0.3, -0.25) is 9.59 Å². The monoisotopic (exact) mass is 304 g/mol. The topological polar surface area (TPSA) is 97.1 Å². The summed E-state index contributed by atoms with van der Waals surface area (Å²) >= 11 is 0. The van der Waals surface area contributed by atoms with Gasteiger partial charge in [-0.25, -0.2) is 4.98 Å². The molecule has 2 heterocycles. The zero-order chi connectivity index (χ0) is 16.3. The van der Waals surface area contributed by atoms with Gasteiger partial charge in [0.05, 0.1) is 16.6 Å². The smallest absolute Gasteiger partial charge is 0.258 e. The number of aromatic nitrogens is 2. The fourth-order valence-corrected chi connectivity index (χ4v) is 2.06. The molecule has 0 unspecified atom stereocenters. The van der Waals surface area contributed by atoms with Crippen LogP contribution in [-0.4, -0.2) is 35.0 Å². The van der Waals surface area contributed by atoms with Crippen LogP contribution in [0.4, 0.5) is 0 Å². The molecular weight excluding hydrogens is 284 g/mol. The van der Waals surface area contributed by atoms with Crippen LogP contribution in [0.1, 0.15) is 35.6 Å². The van der Waals surface area contributed by atoms with Gasteiger partial charge < -0.3 is 15.2 Å². The van der Waals surface area contributed by atoms with Crippen molar-refractivity contribution in [1.82, 2.24) is 20.8 Å². The second kappa shape index (κ2) is 6.55. The van der Waals surface area contributed by atoms with E-state index < -0.39 is 0 Å². The molecule has 7 heteroatoms. The Balaban J connectivity index is 2.04. The van der Waals surface area contributed by atoms with E-state index in [9.17, 15) is 9.59 Å². The molecule has 2 aromatic heterocycles. The normalized spacial score (nSPS) is 11.0. The number of carbonyl (C=O) groups excluding carboxylic acids is 2. The highest BCUT2D eigenvalue weighted by atomic mass is 16.5. The zero-order valence-corrected chi connectivity index (χ0v) is 13.2. The predicted octanol–water partition coefficient (Wildman–Crippen LogP) is 1.34. The molecule has 7 nitrogen and oxygen atoms in total. The van der Waals surface area contributed by atoms with Gasteiger partial charge in [-0.05, 0) is 19.9 Å². The molecule has 0 saturated heterocycles. The van der Waals surface area contributed by atoms with Gasteiger partial charge in [0.2, 0.25) is 5.91 Å². The number of pyridine rings is 1. The SMILES string of the molecule is Cc1cc(C(=O)NCCNC(=O)C(C)C)c2c(C)noc2n1. The van der Waals surface area contributed by atoms with Crippen molar-refractivity contribution in [3.63, 3.8) is 0 Å². The van der Waals surface area contributed by atoms with E-state index in [1.165, 1.54) is 0 Å². The molecule has 0 radical (unpaired) electrons. The first-order valence-electron chi connectivity index (χ1n) is 7.19. The lowest BCUT2D eigenvalue weighted by Gasteiger charge is -2.09. The molecule has 0 aliphatic heterocycles. The van der Waals surface area contributed by atoms with Crippen LogP contribution in [-0.2, 0) is 4.79 Å². The molecule has 2 amide bonds. The molecule has 2 rings (SSSR count). The molecule has 0 aliphatic carbocycles. The molecule has 0 fully saturated rings. The number of hydrogen-bond acceptors (Lipinski definition) is 5. The molecule has 2 N–H and O–H groups in total. The van der Waals surface area contributed by atoms with E-state index >= 15 is 0 Å². The van der Waals surface area contributed by atoms with E-state index in [2.05, 4.69) is 20.8 Å². The van der Waals surface area contributed by atoms with Gasteiger partial charge in [0, 0.05) is 24.7 Å². The van der Waals surface area contributed by atoms with Gasteiger partial charge in [-0.15, -0.1) is 0 Å². The molecule has 0 atom stereocenters. The molecular formula is C15H20N4O3. The van der Waals surface area contributed by atoms with Crippen molar-refractivity contribution in [1.29, 1.82) is 0 Å². The summed E-state index contributed by atoms with van der Waals surface area (Å²) in [6.07, 6.45) is 0. The Morgan fingerprint density at radius 3 is 2.59 bits per heavy atom. The van der Waals surface area contributed by atoms with E-state index in [0.29, 0.717) is 41.1 Å². The minimum Gasteiger partial charge on any atom is -0.354 e. The number of aryl methyl sites for hydroxylation is 2. The van der Waals surface area contributed by atoms with Crippen LogP contribution >= 0.6 is 0 Å². The van der Waals surface area contributed by atoms with Gasteiger partial charge in [0.15, 0.2) is 0 Å². The molecule has 0 aliphatic rings. The molecule has 0 aromatic carbocycles. The van der Waals surface area contributed by atoms with Gasteiger partial charge in [0.1, 0.15) is 0 Å². The number of fused-ring (bicyclic) bond motifs is 1. The van der Waals surface area contributed by atoms with Crippen molar-refractivity contribution >= 4 is 22.9 Å². The number of hydrogen-bond donors (Lipinski definition) is 2. The molecule has 0 bridgehead atoms. The average Bonchev–Trinajstić information content (AvgIpc) is 2.83. The Bertz CT molecular complexity index is 706.